The van der Waals surface area contributed by atoms with Gasteiger partial charge >= 0.3 is 6.30 Å². The Bertz CT molecular complexity index is 612. The van der Waals surface area contributed by atoms with Crippen LogP contribution in [-0.4, -0.2) is 61.0 Å². The van der Waals surface area contributed by atoms with Gasteiger partial charge in [-0.25, -0.2) is 13.9 Å². The fourth-order valence-electron chi connectivity index (χ4n) is 3.13. The predicted octanol–water partition coefficient (Wildman–Crippen LogP) is 0.777. The van der Waals surface area contributed by atoms with Crippen molar-refractivity contribution in [2.75, 3.05) is 20.1 Å². The maximum Gasteiger partial charge on any atom is 0.485 e. The van der Waals surface area contributed by atoms with Crippen molar-refractivity contribution in [3.05, 3.63) is 0 Å². The van der Waals surface area contributed by atoms with Crippen LogP contribution in [0, 0.1) is 11.3 Å². The zero-order valence-corrected chi connectivity index (χ0v) is 12.7. The van der Waals surface area contributed by atoms with Gasteiger partial charge in [0.2, 0.25) is 0 Å². The van der Waals surface area contributed by atoms with Crippen molar-refractivity contribution < 1.29 is 35.6 Å². The minimum atomic E-state index is -4.98. The molecule has 2 aliphatic rings. The number of hydrogen-bond donors (Lipinski definition) is 2. The van der Waals surface area contributed by atoms with Gasteiger partial charge in [-0.2, -0.15) is 25.9 Å². The van der Waals surface area contributed by atoms with Crippen molar-refractivity contribution in [2.24, 2.45) is 21.6 Å². The number of oxime groups is 1. The van der Waals surface area contributed by atoms with Gasteiger partial charge in [0.05, 0.1) is 11.3 Å². The summed E-state index contributed by atoms with van der Waals surface area (Å²) in [5.41, 5.74) is -1.87. The zero-order chi connectivity index (χ0) is 17.8. The number of amidine groups is 1. The van der Waals surface area contributed by atoms with Crippen LogP contribution < -0.4 is 5.14 Å². The number of hydrogen-bond acceptors (Lipinski definition) is 4. The first-order valence-electron chi connectivity index (χ1n) is 6.47. The summed E-state index contributed by atoms with van der Waals surface area (Å²) in [5.74, 6) is -6.65. The number of nitrogens with zero attached hydrogens (tertiary/aromatic N) is 3. The summed E-state index contributed by atoms with van der Waals surface area (Å²) in [5, 5.41) is 16.1. The Morgan fingerprint density at radius 3 is 2.17 bits per heavy atom. The largest absolute Gasteiger partial charge is 0.485 e. The highest BCUT2D eigenvalue weighted by Crippen LogP contribution is 2.71. The van der Waals surface area contributed by atoms with Gasteiger partial charge in [-0.15, -0.1) is 0 Å². The van der Waals surface area contributed by atoms with Crippen molar-refractivity contribution in [1.29, 1.82) is 0 Å². The molecule has 0 radical (unpaired) electrons. The Balaban J connectivity index is 2.23. The summed E-state index contributed by atoms with van der Waals surface area (Å²) in [4.78, 5) is -0.466. The van der Waals surface area contributed by atoms with E-state index in [4.69, 9.17) is 10.3 Å². The molecule has 1 aliphatic carbocycles. The van der Waals surface area contributed by atoms with Crippen LogP contribution in [0.2, 0.25) is 0 Å². The summed E-state index contributed by atoms with van der Waals surface area (Å²) < 4.78 is 89.5. The molecule has 2 rings (SSSR count). The molecule has 1 saturated carbocycles. The van der Waals surface area contributed by atoms with E-state index in [0.29, 0.717) is 7.05 Å². The molecule has 0 aromatic carbocycles. The Morgan fingerprint density at radius 2 is 1.83 bits per heavy atom. The number of alkyl halides is 5. The average Bonchev–Trinajstić information content (AvgIpc) is 2.85. The molecule has 1 atom stereocenters. The van der Waals surface area contributed by atoms with E-state index >= 15 is 0 Å². The van der Waals surface area contributed by atoms with Crippen molar-refractivity contribution in [2.45, 2.75) is 25.1 Å². The van der Waals surface area contributed by atoms with Gasteiger partial charge in [0, 0.05) is 20.1 Å². The molecule has 0 bridgehead atoms. The van der Waals surface area contributed by atoms with Gasteiger partial charge < -0.3 is 5.21 Å². The van der Waals surface area contributed by atoms with Crippen LogP contribution in [0.15, 0.2) is 5.16 Å². The number of piperidine rings is 1. The minimum absolute atomic E-state index is 0.334. The maximum absolute atomic E-state index is 14.2. The minimum Gasteiger partial charge on any atom is -0.409 e. The molecular formula is C10H15F5N4O3S. The Morgan fingerprint density at radius 1 is 1.35 bits per heavy atom. The molecular weight excluding hydrogens is 351 g/mol. The van der Waals surface area contributed by atoms with Crippen LogP contribution in [0.4, 0.5) is 22.0 Å². The van der Waals surface area contributed by atoms with E-state index in [1.807, 2.05) is 0 Å². The fourth-order valence-corrected chi connectivity index (χ4v) is 3.82. The molecule has 3 N–H and O–H groups in total. The van der Waals surface area contributed by atoms with E-state index in [1.165, 1.54) is 0 Å². The monoisotopic (exact) mass is 366 g/mol. The van der Waals surface area contributed by atoms with Crippen LogP contribution >= 0.6 is 0 Å². The summed E-state index contributed by atoms with van der Waals surface area (Å²) in [7, 11) is -3.57. The molecule has 1 heterocycles. The topological polar surface area (TPSA) is 99.2 Å². The molecule has 1 spiro atoms. The SMILES string of the molecule is CN(/C(=N/O)[C@@H]1C(F)(F)C12CCN(S(N)(=O)=O)CC2)C(F)(F)F. The van der Waals surface area contributed by atoms with Crippen molar-refractivity contribution in [3.63, 3.8) is 0 Å². The Hall–Kier alpha value is -1.21. The lowest BCUT2D eigenvalue weighted by molar-refractivity contribution is -0.211. The summed E-state index contributed by atoms with van der Waals surface area (Å²) in [6.45, 7) is -0.668. The molecule has 0 unspecified atom stereocenters. The highest BCUT2D eigenvalue weighted by atomic mass is 32.2. The molecule has 0 amide bonds. The van der Waals surface area contributed by atoms with E-state index in [1.54, 1.807) is 0 Å². The summed E-state index contributed by atoms with van der Waals surface area (Å²) in [6.07, 6.45) is -5.75. The van der Waals surface area contributed by atoms with E-state index in [0.717, 1.165) is 4.31 Å². The number of rotatable bonds is 2. The first kappa shape index (κ1) is 18.1. The molecule has 23 heavy (non-hydrogen) atoms. The molecule has 1 aliphatic heterocycles. The summed E-state index contributed by atoms with van der Waals surface area (Å²) in [6, 6.07) is 0. The van der Waals surface area contributed by atoms with Crippen molar-refractivity contribution in [3.8, 4) is 0 Å². The van der Waals surface area contributed by atoms with E-state index < -0.39 is 44.5 Å². The van der Waals surface area contributed by atoms with Crippen LogP contribution in [0.25, 0.3) is 0 Å². The quantitative estimate of drug-likeness (QED) is 0.188. The fraction of sp³-hybridized carbons (Fsp3) is 0.900. The predicted molar refractivity (Wildman–Crippen MR) is 67.8 cm³/mol. The van der Waals surface area contributed by atoms with Crippen molar-refractivity contribution in [1.82, 2.24) is 9.21 Å². The third kappa shape index (κ3) is 2.74. The number of halogens is 5. The molecule has 134 valence electrons. The molecule has 1 saturated heterocycles. The Kier molecular flexibility index (Phi) is 4.05. The molecule has 0 aromatic rings. The van der Waals surface area contributed by atoms with Crippen LogP contribution in [0.1, 0.15) is 12.8 Å². The zero-order valence-electron chi connectivity index (χ0n) is 11.9. The van der Waals surface area contributed by atoms with Gasteiger partial charge in [0.25, 0.3) is 16.1 Å². The van der Waals surface area contributed by atoms with Crippen molar-refractivity contribution >= 4 is 16.0 Å². The second-order valence-corrected chi connectivity index (χ2v) is 7.19. The highest BCUT2D eigenvalue weighted by molar-refractivity contribution is 7.86. The smallest absolute Gasteiger partial charge is 0.409 e. The van der Waals surface area contributed by atoms with Crippen LogP contribution in [-0.2, 0) is 10.2 Å². The van der Waals surface area contributed by atoms with Gasteiger partial charge in [0.15, 0.2) is 5.84 Å². The lowest BCUT2D eigenvalue weighted by Crippen LogP contribution is -2.45. The van der Waals surface area contributed by atoms with E-state index in [9.17, 15) is 30.4 Å². The third-order valence-corrected chi connectivity index (χ3v) is 5.64. The first-order chi connectivity index (χ1) is 10.3. The normalized spacial score (nSPS) is 28.0. The third-order valence-electron chi connectivity index (χ3n) is 4.55. The van der Waals surface area contributed by atoms with Crippen LogP contribution in [0.5, 0.6) is 0 Å². The van der Waals surface area contributed by atoms with Gasteiger partial charge in [0.1, 0.15) is 0 Å². The molecule has 13 heteroatoms. The molecule has 2 fully saturated rings. The van der Waals surface area contributed by atoms with Gasteiger partial charge in [-0.3, -0.25) is 4.90 Å². The lowest BCUT2D eigenvalue weighted by atomic mass is 9.91. The highest BCUT2D eigenvalue weighted by Gasteiger charge is 2.83. The molecule has 0 aromatic heterocycles. The van der Waals surface area contributed by atoms with Gasteiger partial charge in [-0.05, 0) is 12.8 Å². The van der Waals surface area contributed by atoms with E-state index in [-0.39, 0.29) is 25.9 Å². The Labute approximate surface area is 128 Å². The second-order valence-electron chi connectivity index (χ2n) is 5.64. The summed E-state index contributed by atoms with van der Waals surface area (Å²) >= 11 is 0. The molecule has 7 nitrogen and oxygen atoms in total. The first-order valence-corrected chi connectivity index (χ1v) is 7.97. The lowest BCUT2D eigenvalue weighted by Gasteiger charge is -2.31. The van der Waals surface area contributed by atoms with Crippen LogP contribution in [0.3, 0.4) is 0 Å². The maximum atomic E-state index is 14.2. The standard InChI is InChI=1S/C10H15F5N4O3S/c1-18(10(13,14)15)7(17-20)6-8(9(6,11)12)2-4-19(5-3-8)23(16,21)22/h6,20H,2-5H2,1H3,(H2,16,21,22)/b17-7+/t6-/m0/s1. The second kappa shape index (κ2) is 5.14. The van der Waals surface area contributed by atoms with E-state index in [2.05, 4.69) is 5.16 Å². The van der Waals surface area contributed by atoms with Gasteiger partial charge in [-0.1, -0.05) is 5.16 Å². The average molecular weight is 366 g/mol. The number of nitrogens with two attached hydrogens (primary N) is 1.